The number of nitrogens with one attached hydrogen (secondary N) is 1. The van der Waals surface area contributed by atoms with Gasteiger partial charge in [0.15, 0.2) is 0 Å². The van der Waals surface area contributed by atoms with Gasteiger partial charge in [-0.25, -0.2) is 0 Å². The van der Waals surface area contributed by atoms with Crippen LogP contribution in [0.25, 0.3) is 0 Å². The molecule has 1 fully saturated rings. The summed E-state index contributed by atoms with van der Waals surface area (Å²) in [6.07, 6.45) is 3.92. The van der Waals surface area contributed by atoms with Gasteiger partial charge in [0.05, 0.1) is 0 Å². The van der Waals surface area contributed by atoms with Crippen LogP contribution in [0, 0.1) is 5.41 Å². The number of para-hydroxylation sites is 1. The molecule has 1 aliphatic rings. The van der Waals surface area contributed by atoms with Crippen molar-refractivity contribution in [1.29, 1.82) is 5.41 Å². The van der Waals surface area contributed by atoms with E-state index >= 15 is 0 Å². The molecule has 0 aromatic heterocycles. The molecule has 1 N–H and O–H groups in total. The second-order valence-corrected chi connectivity index (χ2v) is 4.19. The molecule has 1 aromatic carbocycles. The third-order valence-corrected chi connectivity index (χ3v) is 3.00. The van der Waals surface area contributed by atoms with E-state index in [1.54, 1.807) is 0 Å². The van der Waals surface area contributed by atoms with Crippen LogP contribution in [0.1, 0.15) is 31.7 Å². The van der Waals surface area contributed by atoms with E-state index in [2.05, 4.69) is 17.0 Å². The molecule has 15 heavy (non-hydrogen) atoms. The summed E-state index contributed by atoms with van der Waals surface area (Å²) in [6, 6.07) is 8.27. The molecule has 1 saturated heterocycles. The van der Waals surface area contributed by atoms with Crippen LogP contribution in [-0.4, -0.2) is 18.8 Å². The van der Waals surface area contributed by atoms with Crippen molar-refractivity contribution >= 4 is 11.4 Å². The van der Waals surface area contributed by atoms with Crippen LogP contribution in [-0.2, 0) is 0 Å². The summed E-state index contributed by atoms with van der Waals surface area (Å²) in [5.41, 5.74) is 2.99. The van der Waals surface area contributed by atoms with E-state index in [9.17, 15) is 0 Å². The minimum absolute atomic E-state index is 0.663. The van der Waals surface area contributed by atoms with Crippen LogP contribution in [0.5, 0.6) is 0 Å². The van der Waals surface area contributed by atoms with Crippen LogP contribution in [0.3, 0.4) is 0 Å². The van der Waals surface area contributed by atoms with E-state index in [-0.39, 0.29) is 0 Å². The maximum Gasteiger partial charge on any atom is 0.0457 e. The monoisotopic (exact) mass is 202 g/mol. The summed E-state index contributed by atoms with van der Waals surface area (Å²) in [7, 11) is 0. The van der Waals surface area contributed by atoms with Crippen molar-refractivity contribution in [3.05, 3.63) is 29.8 Å². The minimum Gasteiger partial charge on any atom is -0.371 e. The molecule has 0 atom stereocenters. The van der Waals surface area contributed by atoms with Gasteiger partial charge in [0.1, 0.15) is 0 Å². The number of hydrogen-bond acceptors (Lipinski definition) is 2. The van der Waals surface area contributed by atoms with Crippen LogP contribution in [0.2, 0.25) is 0 Å². The van der Waals surface area contributed by atoms with Crippen molar-refractivity contribution in [2.24, 2.45) is 0 Å². The number of hydrogen-bond donors (Lipinski definition) is 1. The molecule has 0 saturated carbocycles. The maximum atomic E-state index is 7.77. The highest BCUT2D eigenvalue weighted by Gasteiger charge is 2.14. The Bertz CT molecular complexity index is 351. The summed E-state index contributed by atoms with van der Waals surface area (Å²) in [5.74, 6) is 0. The SMILES string of the molecule is CC(=N)c1ccccc1N1CCCCC1. The molecule has 1 heterocycles. The standard InChI is InChI=1S/C13H18N2/c1-11(14)12-7-3-4-8-13(12)15-9-5-2-6-10-15/h3-4,7-8,14H,2,5-6,9-10H2,1H3. The number of piperidine rings is 1. The molecule has 0 radical (unpaired) electrons. The molecule has 2 heteroatoms. The zero-order valence-corrected chi connectivity index (χ0v) is 9.29. The molecule has 0 aliphatic carbocycles. The summed E-state index contributed by atoms with van der Waals surface area (Å²) in [4.78, 5) is 2.41. The number of nitrogens with zero attached hydrogens (tertiary/aromatic N) is 1. The van der Waals surface area contributed by atoms with Gasteiger partial charge >= 0.3 is 0 Å². The van der Waals surface area contributed by atoms with Gasteiger partial charge in [0, 0.05) is 30.1 Å². The van der Waals surface area contributed by atoms with Gasteiger partial charge in [-0.3, -0.25) is 0 Å². The molecular formula is C13H18N2. The zero-order valence-electron chi connectivity index (χ0n) is 9.29. The molecule has 80 valence electrons. The quantitative estimate of drug-likeness (QED) is 0.733. The topological polar surface area (TPSA) is 27.1 Å². The van der Waals surface area contributed by atoms with Crippen molar-refractivity contribution in [3.63, 3.8) is 0 Å². The lowest BCUT2D eigenvalue weighted by molar-refractivity contribution is 0.577. The third kappa shape index (κ3) is 2.20. The third-order valence-electron chi connectivity index (χ3n) is 3.00. The summed E-state index contributed by atoms with van der Waals surface area (Å²) < 4.78 is 0. The first kappa shape index (κ1) is 10.2. The molecule has 0 unspecified atom stereocenters. The molecule has 2 rings (SSSR count). The Morgan fingerprint density at radius 2 is 1.80 bits per heavy atom. The average molecular weight is 202 g/mol. The predicted molar refractivity (Wildman–Crippen MR) is 65.0 cm³/mol. The fourth-order valence-electron chi connectivity index (χ4n) is 2.20. The van der Waals surface area contributed by atoms with E-state index in [1.165, 1.54) is 24.9 Å². The zero-order chi connectivity index (χ0) is 10.7. The second kappa shape index (κ2) is 4.47. The largest absolute Gasteiger partial charge is 0.371 e. The van der Waals surface area contributed by atoms with E-state index in [0.717, 1.165) is 18.7 Å². The van der Waals surface area contributed by atoms with Crippen molar-refractivity contribution in [2.45, 2.75) is 26.2 Å². The molecule has 0 bridgehead atoms. The summed E-state index contributed by atoms with van der Waals surface area (Å²) in [6.45, 7) is 4.15. The van der Waals surface area contributed by atoms with Crippen molar-refractivity contribution in [1.82, 2.24) is 0 Å². The normalized spacial score (nSPS) is 16.5. The lowest BCUT2D eigenvalue weighted by Gasteiger charge is -2.30. The van der Waals surface area contributed by atoms with E-state index in [0.29, 0.717) is 5.71 Å². The Hall–Kier alpha value is -1.31. The summed E-state index contributed by atoms with van der Waals surface area (Å²) in [5, 5.41) is 7.77. The van der Waals surface area contributed by atoms with E-state index < -0.39 is 0 Å². The number of anilines is 1. The highest BCUT2D eigenvalue weighted by Crippen LogP contribution is 2.24. The fourth-order valence-corrected chi connectivity index (χ4v) is 2.20. The van der Waals surface area contributed by atoms with Gasteiger partial charge in [0.2, 0.25) is 0 Å². The number of benzene rings is 1. The maximum absolute atomic E-state index is 7.77. The van der Waals surface area contributed by atoms with Crippen LogP contribution in [0.15, 0.2) is 24.3 Å². The number of rotatable bonds is 2. The molecule has 1 aromatic rings. The van der Waals surface area contributed by atoms with Crippen molar-refractivity contribution in [2.75, 3.05) is 18.0 Å². The summed E-state index contributed by atoms with van der Waals surface area (Å²) >= 11 is 0. The van der Waals surface area contributed by atoms with Crippen molar-refractivity contribution in [3.8, 4) is 0 Å². The molecule has 0 amide bonds. The van der Waals surface area contributed by atoms with E-state index in [1.807, 2.05) is 19.1 Å². The Morgan fingerprint density at radius 3 is 2.47 bits per heavy atom. The van der Waals surface area contributed by atoms with Crippen LogP contribution >= 0.6 is 0 Å². The van der Waals surface area contributed by atoms with Gasteiger partial charge in [-0.2, -0.15) is 0 Å². The Labute approximate surface area is 91.4 Å². The molecular weight excluding hydrogens is 184 g/mol. The predicted octanol–water partition coefficient (Wildman–Crippen LogP) is 3.06. The first-order chi connectivity index (χ1) is 7.29. The molecule has 2 nitrogen and oxygen atoms in total. The van der Waals surface area contributed by atoms with Gasteiger partial charge < -0.3 is 10.3 Å². The highest BCUT2D eigenvalue weighted by molar-refractivity contribution is 6.01. The van der Waals surface area contributed by atoms with Gasteiger partial charge in [0.25, 0.3) is 0 Å². The Morgan fingerprint density at radius 1 is 1.13 bits per heavy atom. The van der Waals surface area contributed by atoms with Crippen molar-refractivity contribution < 1.29 is 0 Å². The highest BCUT2D eigenvalue weighted by atomic mass is 15.1. The van der Waals surface area contributed by atoms with Crippen LogP contribution < -0.4 is 4.90 Å². The molecule has 0 spiro atoms. The lowest BCUT2D eigenvalue weighted by Crippen LogP contribution is -2.30. The minimum atomic E-state index is 0.663. The van der Waals surface area contributed by atoms with E-state index in [4.69, 9.17) is 5.41 Å². The van der Waals surface area contributed by atoms with Crippen LogP contribution in [0.4, 0.5) is 5.69 Å². The average Bonchev–Trinajstić information content (AvgIpc) is 2.30. The second-order valence-electron chi connectivity index (χ2n) is 4.19. The smallest absolute Gasteiger partial charge is 0.0457 e. The van der Waals surface area contributed by atoms with Gasteiger partial charge in [-0.05, 0) is 32.3 Å². The first-order valence-electron chi connectivity index (χ1n) is 5.68. The van der Waals surface area contributed by atoms with Gasteiger partial charge in [-0.15, -0.1) is 0 Å². The first-order valence-corrected chi connectivity index (χ1v) is 5.68. The fraction of sp³-hybridized carbons (Fsp3) is 0.462. The Kier molecular flexibility index (Phi) is 3.05. The molecule has 1 aliphatic heterocycles. The Balaban J connectivity index is 2.29. The van der Waals surface area contributed by atoms with Gasteiger partial charge in [-0.1, -0.05) is 18.2 Å². The lowest BCUT2D eigenvalue weighted by atomic mass is 10.0.